The molecule has 0 radical (unpaired) electrons. The number of sulfonamides is 1. The van der Waals surface area contributed by atoms with Crippen LogP contribution in [0, 0.1) is 0 Å². The second kappa shape index (κ2) is 9.61. The molecule has 0 fully saturated rings. The molecule has 0 aromatic heterocycles. The van der Waals surface area contributed by atoms with Crippen LogP contribution < -0.4 is 14.4 Å². The summed E-state index contributed by atoms with van der Waals surface area (Å²) >= 11 is 6.01. The van der Waals surface area contributed by atoms with E-state index >= 15 is 0 Å². The largest absolute Gasteiger partial charge is 0.490 e. The zero-order chi connectivity index (χ0) is 20.7. The minimum Gasteiger partial charge on any atom is -0.490 e. The number of ether oxygens (including phenoxy) is 1. The van der Waals surface area contributed by atoms with Crippen molar-refractivity contribution in [2.45, 2.75) is 19.4 Å². The maximum Gasteiger partial charge on any atom is 0.248 e. The maximum atomic E-state index is 12.9. The van der Waals surface area contributed by atoms with E-state index in [0.29, 0.717) is 28.8 Å². The molecular formula is C20H23ClN2O4S. The third kappa shape index (κ3) is 5.74. The first-order chi connectivity index (χ1) is 13.3. The lowest BCUT2D eigenvalue weighted by Crippen LogP contribution is -2.47. The van der Waals surface area contributed by atoms with E-state index in [0.717, 1.165) is 10.6 Å². The molecule has 2 aromatic rings. The minimum absolute atomic E-state index is 0.284. The molecule has 28 heavy (non-hydrogen) atoms. The number of amides is 1. The highest BCUT2D eigenvalue weighted by Gasteiger charge is 2.31. The average molecular weight is 423 g/mol. The predicted octanol–water partition coefficient (Wildman–Crippen LogP) is 4.09. The second-order valence-electron chi connectivity index (χ2n) is 6.08. The SMILES string of the molecule is C=CCOc1ccc(NC(=O)[C@@H](CC)N(c2cccc(Cl)c2)S(C)(=O)=O)cc1. The van der Waals surface area contributed by atoms with E-state index < -0.39 is 22.0 Å². The number of carbonyl (C=O) groups is 1. The lowest BCUT2D eigenvalue weighted by atomic mass is 10.1. The van der Waals surface area contributed by atoms with Crippen LogP contribution in [0.1, 0.15) is 13.3 Å². The summed E-state index contributed by atoms with van der Waals surface area (Å²) < 4.78 is 31.3. The number of hydrogen-bond donors (Lipinski definition) is 1. The Morgan fingerprint density at radius 1 is 1.29 bits per heavy atom. The summed E-state index contributed by atoms with van der Waals surface area (Å²) in [6.45, 7) is 5.71. The first kappa shape index (κ1) is 21.8. The van der Waals surface area contributed by atoms with Gasteiger partial charge in [0.05, 0.1) is 11.9 Å². The molecule has 0 aliphatic carbocycles. The van der Waals surface area contributed by atoms with Crippen LogP contribution in [0.3, 0.4) is 0 Å². The molecular weight excluding hydrogens is 400 g/mol. The van der Waals surface area contributed by atoms with E-state index in [1.54, 1.807) is 55.5 Å². The quantitative estimate of drug-likeness (QED) is 0.617. The molecule has 0 heterocycles. The van der Waals surface area contributed by atoms with E-state index in [2.05, 4.69) is 11.9 Å². The molecule has 0 aliphatic heterocycles. The molecule has 1 amide bonds. The summed E-state index contributed by atoms with van der Waals surface area (Å²) in [6.07, 6.45) is 2.98. The molecule has 0 bridgehead atoms. The van der Waals surface area contributed by atoms with Crippen LogP contribution in [0.5, 0.6) is 5.75 Å². The molecule has 0 spiro atoms. The fourth-order valence-corrected chi connectivity index (χ4v) is 4.08. The number of hydrogen-bond acceptors (Lipinski definition) is 4. The van der Waals surface area contributed by atoms with Crippen molar-refractivity contribution in [2.24, 2.45) is 0 Å². The topological polar surface area (TPSA) is 75.7 Å². The van der Waals surface area contributed by atoms with Gasteiger partial charge >= 0.3 is 0 Å². The zero-order valence-corrected chi connectivity index (χ0v) is 17.3. The van der Waals surface area contributed by atoms with Crippen LogP contribution in [0.4, 0.5) is 11.4 Å². The Hall–Kier alpha value is -2.51. The van der Waals surface area contributed by atoms with Gasteiger partial charge in [-0.25, -0.2) is 8.42 Å². The van der Waals surface area contributed by atoms with Gasteiger partial charge in [0.15, 0.2) is 0 Å². The van der Waals surface area contributed by atoms with Gasteiger partial charge in [-0.1, -0.05) is 37.2 Å². The maximum absolute atomic E-state index is 12.9. The summed E-state index contributed by atoms with van der Waals surface area (Å²) in [6, 6.07) is 12.3. The molecule has 8 heteroatoms. The summed E-state index contributed by atoms with van der Waals surface area (Å²) in [5.41, 5.74) is 0.874. The highest BCUT2D eigenvalue weighted by atomic mass is 35.5. The number of halogens is 1. The average Bonchev–Trinajstić information content (AvgIpc) is 2.64. The molecule has 1 atom stereocenters. The van der Waals surface area contributed by atoms with Gasteiger partial charge in [0.25, 0.3) is 0 Å². The van der Waals surface area contributed by atoms with Crippen molar-refractivity contribution in [1.29, 1.82) is 0 Å². The molecule has 0 aliphatic rings. The van der Waals surface area contributed by atoms with E-state index in [-0.39, 0.29) is 6.42 Å². The van der Waals surface area contributed by atoms with Gasteiger partial charge in [0.2, 0.25) is 15.9 Å². The third-order valence-electron chi connectivity index (χ3n) is 3.88. The molecule has 0 saturated heterocycles. The van der Waals surface area contributed by atoms with Crippen LogP contribution in [0.15, 0.2) is 61.2 Å². The van der Waals surface area contributed by atoms with Gasteiger partial charge in [0, 0.05) is 10.7 Å². The monoisotopic (exact) mass is 422 g/mol. The minimum atomic E-state index is -3.72. The lowest BCUT2D eigenvalue weighted by molar-refractivity contribution is -0.117. The normalized spacial score (nSPS) is 12.1. The van der Waals surface area contributed by atoms with Crippen molar-refractivity contribution < 1.29 is 17.9 Å². The zero-order valence-electron chi connectivity index (χ0n) is 15.8. The molecule has 1 N–H and O–H groups in total. The highest BCUT2D eigenvalue weighted by Crippen LogP contribution is 2.26. The van der Waals surface area contributed by atoms with E-state index in [1.165, 1.54) is 6.07 Å². The Bertz CT molecular complexity index is 929. The standard InChI is InChI=1S/C20H23ClN2O4S/c1-4-13-27-18-11-9-16(10-12-18)22-20(24)19(5-2)23(28(3,25)26)17-8-6-7-15(21)14-17/h4,6-12,14,19H,1,5,13H2,2-3H3,(H,22,24)/t19-/m1/s1. The number of carbonyl (C=O) groups excluding carboxylic acids is 1. The molecule has 6 nitrogen and oxygen atoms in total. The summed E-state index contributed by atoms with van der Waals surface area (Å²) in [7, 11) is -3.72. The van der Waals surface area contributed by atoms with Crippen molar-refractivity contribution in [2.75, 3.05) is 22.5 Å². The summed E-state index contributed by atoms with van der Waals surface area (Å²) in [4.78, 5) is 12.9. The Kier molecular flexibility index (Phi) is 7.48. The van der Waals surface area contributed by atoms with Gasteiger partial charge in [-0.15, -0.1) is 0 Å². The van der Waals surface area contributed by atoms with Crippen molar-refractivity contribution >= 4 is 38.9 Å². The first-order valence-electron chi connectivity index (χ1n) is 8.66. The highest BCUT2D eigenvalue weighted by molar-refractivity contribution is 7.92. The third-order valence-corrected chi connectivity index (χ3v) is 5.30. The number of nitrogens with zero attached hydrogens (tertiary/aromatic N) is 1. The Labute approximate surface area is 170 Å². The fraction of sp³-hybridized carbons (Fsp3) is 0.250. The van der Waals surface area contributed by atoms with Crippen LogP contribution in [-0.2, 0) is 14.8 Å². The van der Waals surface area contributed by atoms with Gasteiger partial charge in [-0.2, -0.15) is 0 Å². The predicted molar refractivity (Wildman–Crippen MR) is 114 cm³/mol. The smallest absolute Gasteiger partial charge is 0.248 e. The van der Waals surface area contributed by atoms with Gasteiger partial charge < -0.3 is 10.1 Å². The number of anilines is 2. The number of benzene rings is 2. The Morgan fingerprint density at radius 3 is 2.50 bits per heavy atom. The van der Waals surface area contributed by atoms with Gasteiger partial charge in [-0.3, -0.25) is 9.10 Å². The van der Waals surface area contributed by atoms with Crippen molar-refractivity contribution in [1.82, 2.24) is 0 Å². The van der Waals surface area contributed by atoms with E-state index in [4.69, 9.17) is 16.3 Å². The molecule has 2 aromatic carbocycles. The fourth-order valence-electron chi connectivity index (χ4n) is 2.69. The molecule has 0 saturated carbocycles. The first-order valence-corrected chi connectivity index (χ1v) is 10.9. The Morgan fingerprint density at radius 2 is 1.96 bits per heavy atom. The van der Waals surface area contributed by atoms with Crippen LogP contribution in [0.25, 0.3) is 0 Å². The van der Waals surface area contributed by atoms with Crippen molar-refractivity contribution in [3.05, 3.63) is 66.2 Å². The Balaban J connectivity index is 2.25. The van der Waals surface area contributed by atoms with Gasteiger partial charge in [0.1, 0.15) is 18.4 Å². The van der Waals surface area contributed by atoms with Crippen LogP contribution in [0.2, 0.25) is 5.02 Å². The van der Waals surface area contributed by atoms with Crippen molar-refractivity contribution in [3.8, 4) is 5.75 Å². The second-order valence-corrected chi connectivity index (χ2v) is 8.37. The van der Waals surface area contributed by atoms with Crippen molar-refractivity contribution in [3.63, 3.8) is 0 Å². The van der Waals surface area contributed by atoms with Crippen LogP contribution >= 0.6 is 11.6 Å². The molecule has 2 rings (SSSR count). The number of rotatable bonds is 9. The van der Waals surface area contributed by atoms with Gasteiger partial charge in [-0.05, 0) is 48.9 Å². The van der Waals surface area contributed by atoms with Crippen LogP contribution in [-0.4, -0.2) is 33.2 Å². The lowest BCUT2D eigenvalue weighted by Gasteiger charge is -2.30. The summed E-state index contributed by atoms with van der Waals surface area (Å²) in [5.74, 6) is 0.203. The van der Waals surface area contributed by atoms with E-state index in [1.807, 2.05) is 0 Å². The molecule has 0 unspecified atom stereocenters. The number of nitrogens with one attached hydrogen (secondary N) is 1. The molecule has 150 valence electrons. The summed E-state index contributed by atoms with van der Waals surface area (Å²) in [5, 5.41) is 3.15. The van der Waals surface area contributed by atoms with E-state index in [9.17, 15) is 13.2 Å².